The molecule has 1 aromatic carbocycles. The highest BCUT2D eigenvalue weighted by atomic mass is 19.1. The van der Waals surface area contributed by atoms with Crippen LogP contribution in [0.1, 0.15) is 30.9 Å². The SMILES string of the molecule is O=C1CCCN1c1cnn(C2CCN(Cc3cc(F)ccc3F)C2)c1. The summed E-state index contributed by atoms with van der Waals surface area (Å²) in [5.41, 5.74) is 1.22. The van der Waals surface area contributed by atoms with Gasteiger partial charge < -0.3 is 4.90 Å². The minimum Gasteiger partial charge on any atom is -0.309 e. The van der Waals surface area contributed by atoms with Gasteiger partial charge in [0.15, 0.2) is 0 Å². The van der Waals surface area contributed by atoms with Crippen molar-refractivity contribution in [3.63, 3.8) is 0 Å². The van der Waals surface area contributed by atoms with Crippen LogP contribution in [0.3, 0.4) is 0 Å². The molecule has 0 aliphatic carbocycles. The second-order valence-corrected chi connectivity index (χ2v) is 6.74. The van der Waals surface area contributed by atoms with Crippen molar-refractivity contribution < 1.29 is 13.6 Å². The third-order valence-corrected chi connectivity index (χ3v) is 5.00. The van der Waals surface area contributed by atoms with Crippen LogP contribution >= 0.6 is 0 Å². The summed E-state index contributed by atoms with van der Waals surface area (Å²) in [4.78, 5) is 15.7. The number of hydrogen-bond donors (Lipinski definition) is 0. The summed E-state index contributed by atoms with van der Waals surface area (Å²) in [6.07, 6.45) is 6.03. The quantitative estimate of drug-likeness (QED) is 0.855. The molecule has 25 heavy (non-hydrogen) atoms. The zero-order valence-electron chi connectivity index (χ0n) is 13.9. The Balaban J connectivity index is 1.41. The van der Waals surface area contributed by atoms with E-state index in [2.05, 4.69) is 10.00 Å². The molecule has 2 aromatic rings. The summed E-state index contributed by atoms with van der Waals surface area (Å²) in [6.45, 7) is 2.67. The number of amides is 1. The second-order valence-electron chi connectivity index (χ2n) is 6.74. The minimum absolute atomic E-state index is 0.147. The summed E-state index contributed by atoms with van der Waals surface area (Å²) in [7, 11) is 0. The lowest BCUT2D eigenvalue weighted by molar-refractivity contribution is -0.117. The van der Waals surface area contributed by atoms with E-state index < -0.39 is 5.82 Å². The first kappa shape index (κ1) is 16.2. The molecule has 1 unspecified atom stereocenters. The van der Waals surface area contributed by atoms with Crippen molar-refractivity contribution in [3.8, 4) is 0 Å². The second kappa shape index (κ2) is 6.55. The molecular formula is C18H20F2N4O. The summed E-state index contributed by atoms with van der Waals surface area (Å²) < 4.78 is 29.0. The van der Waals surface area contributed by atoms with Crippen molar-refractivity contribution in [1.29, 1.82) is 0 Å². The molecule has 7 heteroatoms. The number of carbonyl (C=O) groups is 1. The molecule has 2 fully saturated rings. The van der Waals surface area contributed by atoms with E-state index in [9.17, 15) is 13.6 Å². The maximum Gasteiger partial charge on any atom is 0.227 e. The number of aromatic nitrogens is 2. The van der Waals surface area contributed by atoms with Crippen LogP contribution in [-0.4, -0.2) is 40.2 Å². The maximum absolute atomic E-state index is 13.8. The Kier molecular flexibility index (Phi) is 4.25. The zero-order chi connectivity index (χ0) is 17.4. The third kappa shape index (κ3) is 3.28. The smallest absolute Gasteiger partial charge is 0.227 e. The molecule has 3 heterocycles. The van der Waals surface area contributed by atoms with Gasteiger partial charge in [0.25, 0.3) is 0 Å². The predicted octanol–water partition coefficient (Wildman–Crippen LogP) is 2.74. The number of carbonyl (C=O) groups excluding carboxylic acids is 1. The first-order chi connectivity index (χ1) is 12.1. The largest absolute Gasteiger partial charge is 0.309 e. The van der Waals surface area contributed by atoms with E-state index in [4.69, 9.17) is 0 Å². The number of anilines is 1. The van der Waals surface area contributed by atoms with Crippen LogP contribution in [-0.2, 0) is 11.3 Å². The van der Waals surface area contributed by atoms with Crippen LogP contribution in [0.4, 0.5) is 14.5 Å². The fraction of sp³-hybridized carbons (Fsp3) is 0.444. The molecule has 0 saturated carbocycles. The normalized spacial score (nSPS) is 21.4. The van der Waals surface area contributed by atoms with Gasteiger partial charge >= 0.3 is 0 Å². The maximum atomic E-state index is 13.8. The van der Waals surface area contributed by atoms with Crippen molar-refractivity contribution in [2.45, 2.75) is 31.8 Å². The molecule has 1 aromatic heterocycles. The Morgan fingerprint density at radius 1 is 1.24 bits per heavy atom. The first-order valence-electron chi connectivity index (χ1n) is 8.61. The fourth-order valence-corrected chi connectivity index (χ4v) is 3.67. The van der Waals surface area contributed by atoms with Gasteiger partial charge in [0, 0.05) is 44.4 Å². The number of hydrogen-bond acceptors (Lipinski definition) is 3. The van der Waals surface area contributed by atoms with Gasteiger partial charge in [-0.05, 0) is 31.0 Å². The van der Waals surface area contributed by atoms with Gasteiger partial charge in [-0.2, -0.15) is 5.10 Å². The Morgan fingerprint density at radius 2 is 2.12 bits per heavy atom. The van der Waals surface area contributed by atoms with Crippen molar-refractivity contribution in [1.82, 2.24) is 14.7 Å². The minimum atomic E-state index is -0.417. The molecule has 0 bridgehead atoms. The van der Waals surface area contributed by atoms with Crippen LogP contribution in [0.5, 0.6) is 0 Å². The summed E-state index contributed by atoms with van der Waals surface area (Å²) in [6, 6.07) is 3.75. The first-order valence-corrected chi connectivity index (χ1v) is 8.61. The highest BCUT2D eigenvalue weighted by Gasteiger charge is 2.27. The number of halogens is 2. The van der Waals surface area contributed by atoms with Gasteiger partial charge in [0.2, 0.25) is 5.91 Å². The van der Waals surface area contributed by atoms with Crippen LogP contribution in [0.2, 0.25) is 0 Å². The molecule has 0 radical (unpaired) electrons. The molecule has 4 rings (SSSR count). The zero-order valence-corrected chi connectivity index (χ0v) is 13.9. The van der Waals surface area contributed by atoms with Gasteiger partial charge in [-0.3, -0.25) is 14.4 Å². The number of benzene rings is 1. The molecule has 1 atom stereocenters. The molecule has 2 aliphatic heterocycles. The van der Waals surface area contributed by atoms with E-state index in [0.717, 1.165) is 44.2 Å². The van der Waals surface area contributed by atoms with Crippen molar-refractivity contribution in [2.75, 3.05) is 24.5 Å². The molecular weight excluding hydrogens is 326 g/mol. The van der Waals surface area contributed by atoms with Crippen LogP contribution in [0.15, 0.2) is 30.6 Å². The number of likely N-dealkylation sites (tertiary alicyclic amines) is 1. The Bertz CT molecular complexity index is 791. The lowest BCUT2D eigenvalue weighted by Gasteiger charge is -2.17. The lowest BCUT2D eigenvalue weighted by Crippen LogP contribution is -2.23. The van der Waals surface area contributed by atoms with E-state index in [-0.39, 0.29) is 17.8 Å². The summed E-state index contributed by atoms with van der Waals surface area (Å²) >= 11 is 0. The summed E-state index contributed by atoms with van der Waals surface area (Å²) in [5.74, 6) is -0.646. The average molecular weight is 346 g/mol. The number of rotatable bonds is 4. The van der Waals surface area contributed by atoms with E-state index >= 15 is 0 Å². The fourth-order valence-electron chi connectivity index (χ4n) is 3.67. The highest BCUT2D eigenvalue weighted by Crippen LogP contribution is 2.27. The van der Waals surface area contributed by atoms with Crippen LogP contribution < -0.4 is 4.90 Å². The van der Waals surface area contributed by atoms with E-state index in [0.29, 0.717) is 18.5 Å². The monoisotopic (exact) mass is 346 g/mol. The van der Waals surface area contributed by atoms with Gasteiger partial charge in [-0.1, -0.05) is 0 Å². The molecule has 2 saturated heterocycles. The van der Waals surface area contributed by atoms with Crippen molar-refractivity contribution in [3.05, 3.63) is 47.8 Å². The van der Waals surface area contributed by atoms with Gasteiger partial charge in [0.05, 0.1) is 17.9 Å². The van der Waals surface area contributed by atoms with Crippen molar-refractivity contribution in [2.24, 2.45) is 0 Å². The third-order valence-electron chi connectivity index (χ3n) is 5.00. The molecule has 1 amide bonds. The van der Waals surface area contributed by atoms with Crippen LogP contribution in [0.25, 0.3) is 0 Å². The number of nitrogens with zero attached hydrogens (tertiary/aromatic N) is 4. The van der Waals surface area contributed by atoms with Crippen LogP contribution in [0, 0.1) is 11.6 Å². The topological polar surface area (TPSA) is 41.4 Å². The van der Waals surface area contributed by atoms with Gasteiger partial charge in [0.1, 0.15) is 11.6 Å². The van der Waals surface area contributed by atoms with Gasteiger partial charge in [-0.25, -0.2) is 8.78 Å². The molecule has 132 valence electrons. The Labute approximate surface area is 144 Å². The predicted molar refractivity (Wildman–Crippen MR) is 89.1 cm³/mol. The average Bonchev–Trinajstić information content (AvgIpc) is 3.30. The Morgan fingerprint density at radius 3 is 2.92 bits per heavy atom. The standard InChI is InChI=1S/C18H20F2N4O/c19-14-3-4-17(20)13(8-14)10-22-7-5-15(11-22)24-12-16(9-21-24)23-6-1-2-18(23)25/h3-4,8-9,12,15H,1-2,5-7,10-11H2. The van der Waals surface area contributed by atoms with Gasteiger partial charge in [-0.15, -0.1) is 0 Å². The highest BCUT2D eigenvalue weighted by molar-refractivity contribution is 5.95. The van der Waals surface area contributed by atoms with E-state index in [1.165, 1.54) is 12.1 Å². The van der Waals surface area contributed by atoms with Crippen molar-refractivity contribution >= 4 is 11.6 Å². The summed E-state index contributed by atoms with van der Waals surface area (Å²) in [5, 5.41) is 4.41. The molecule has 5 nitrogen and oxygen atoms in total. The lowest BCUT2D eigenvalue weighted by atomic mass is 10.2. The van der Waals surface area contributed by atoms with E-state index in [1.54, 1.807) is 11.1 Å². The molecule has 0 N–H and O–H groups in total. The Hall–Kier alpha value is -2.28. The molecule has 0 spiro atoms. The van der Waals surface area contributed by atoms with E-state index in [1.807, 2.05) is 10.9 Å². The molecule has 2 aliphatic rings.